The van der Waals surface area contributed by atoms with Crippen LogP contribution in [-0.2, 0) is 22.6 Å². The number of rotatable bonds is 10. The summed E-state index contributed by atoms with van der Waals surface area (Å²) in [5, 5.41) is 4.03. The van der Waals surface area contributed by atoms with Crippen molar-refractivity contribution in [2.75, 3.05) is 0 Å². The van der Waals surface area contributed by atoms with Gasteiger partial charge in [0, 0.05) is 29.1 Å². The molecule has 0 aliphatic heterocycles. The fourth-order valence-electron chi connectivity index (χ4n) is 3.23. The largest absolute Gasteiger partial charge is 0.352 e. The fourth-order valence-corrected chi connectivity index (χ4v) is 3.70. The molecule has 0 aromatic heterocycles. The lowest BCUT2D eigenvalue weighted by Crippen LogP contribution is -2.50. The molecule has 0 fully saturated rings. The van der Waals surface area contributed by atoms with Crippen molar-refractivity contribution in [3.8, 4) is 0 Å². The Kier molecular flexibility index (Phi) is 9.67. The molecule has 0 saturated heterocycles. The Morgan fingerprint density at radius 3 is 2.33 bits per heavy atom. The number of carbonyl (C=O) groups excluding carboxylic acids is 2. The van der Waals surface area contributed by atoms with Crippen molar-refractivity contribution < 1.29 is 9.59 Å². The van der Waals surface area contributed by atoms with Crippen LogP contribution in [0.25, 0.3) is 0 Å². The highest BCUT2D eigenvalue weighted by Crippen LogP contribution is 2.24. The number of halogens is 2. The Bertz CT molecular complexity index is 842. The molecule has 0 radical (unpaired) electrons. The number of benzene rings is 2. The van der Waals surface area contributed by atoms with Crippen LogP contribution in [0.2, 0.25) is 10.0 Å². The molecule has 1 N–H and O–H groups in total. The van der Waals surface area contributed by atoms with E-state index in [0.717, 1.165) is 17.5 Å². The molecule has 0 heterocycles. The minimum absolute atomic E-state index is 0.0481. The third kappa shape index (κ3) is 7.03. The molecule has 162 valence electrons. The summed E-state index contributed by atoms with van der Waals surface area (Å²) < 4.78 is 0. The number of hydrogen-bond acceptors (Lipinski definition) is 2. The summed E-state index contributed by atoms with van der Waals surface area (Å²) in [6, 6.07) is 14.6. The molecule has 2 rings (SSSR count). The van der Waals surface area contributed by atoms with E-state index in [4.69, 9.17) is 23.2 Å². The van der Waals surface area contributed by atoms with E-state index >= 15 is 0 Å². The monoisotopic (exact) mass is 448 g/mol. The van der Waals surface area contributed by atoms with Gasteiger partial charge >= 0.3 is 0 Å². The highest BCUT2D eigenvalue weighted by molar-refractivity contribution is 6.35. The van der Waals surface area contributed by atoms with Gasteiger partial charge in [-0.15, -0.1) is 0 Å². The highest BCUT2D eigenvalue weighted by atomic mass is 35.5. The zero-order valence-electron chi connectivity index (χ0n) is 17.8. The van der Waals surface area contributed by atoms with Crippen molar-refractivity contribution >= 4 is 35.0 Å². The van der Waals surface area contributed by atoms with E-state index in [-0.39, 0.29) is 24.4 Å². The molecule has 2 aromatic rings. The van der Waals surface area contributed by atoms with Crippen molar-refractivity contribution in [3.05, 3.63) is 69.7 Å². The van der Waals surface area contributed by atoms with Crippen molar-refractivity contribution in [2.24, 2.45) is 0 Å². The molecule has 30 heavy (non-hydrogen) atoms. The van der Waals surface area contributed by atoms with E-state index < -0.39 is 6.04 Å². The zero-order chi connectivity index (χ0) is 22.1. The maximum Gasteiger partial charge on any atom is 0.243 e. The standard InChI is InChI=1S/C24H30Cl2N2O2/c1-4-17(3)27-24(30)22(5-2)28(16-19-12-13-20(25)15-21(19)26)23(29)14-11-18-9-7-6-8-10-18/h6-10,12-13,15,17,22H,4-5,11,14,16H2,1-3H3,(H,27,30)/t17-,22-/m0/s1. The first kappa shape index (κ1) is 24.2. The Balaban J connectivity index is 2.24. The van der Waals surface area contributed by atoms with Gasteiger partial charge < -0.3 is 10.2 Å². The first-order valence-electron chi connectivity index (χ1n) is 10.4. The number of hydrogen-bond donors (Lipinski definition) is 1. The van der Waals surface area contributed by atoms with Crippen LogP contribution < -0.4 is 5.32 Å². The smallest absolute Gasteiger partial charge is 0.243 e. The molecule has 2 amide bonds. The second-order valence-electron chi connectivity index (χ2n) is 7.48. The molecular weight excluding hydrogens is 419 g/mol. The second kappa shape index (κ2) is 12.0. The molecule has 2 atom stereocenters. The predicted molar refractivity (Wildman–Crippen MR) is 124 cm³/mol. The van der Waals surface area contributed by atoms with Crippen LogP contribution >= 0.6 is 23.2 Å². The third-order valence-electron chi connectivity index (χ3n) is 5.21. The molecule has 6 heteroatoms. The number of carbonyl (C=O) groups is 2. The van der Waals surface area contributed by atoms with E-state index in [2.05, 4.69) is 5.32 Å². The van der Waals surface area contributed by atoms with Gasteiger partial charge in [0.15, 0.2) is 0 Å². The van der Waals surface area contributed by atoms with Crippen LogP contribution in [0.3, 0.4) is 0 Å². The predicted octanol–water partition coefficient (Wildman–Crippen LogP) is 5.65. The van der Waals surface area contributed by atoms with Crippen LogP contribution in [0.5, 0.6) is 0 Å². The van der Waals surface area contributed by atoms with Crippen LogP contribution in [0.4, 0.5) is 0 Å². The van der Waals surface area contributed by atoms with Crippen molar-refractivity contribution in [2.45, 2.75) is 65.1 Å². The normalized spacial score (nSPS) is 12.8. The van der Waals surface area contributed by atoms with E-state index in [1.807, 2.05) is 51.1 Å². The Morgan fingerprint density at radius 1 is 1.03 bits per heavy atom. The molecule has 0 aliphatic rings. The van der Waals surface area contributed by atoms with Gasteiger partial charge in [0.25, 0.3) is 0 Å². The van der Waals surface area contributed by atoms with Gasteiger partial charge in [-0.2, -0.15) is 0 Å². The van der Waals surface area contributed by atoms with Crippen molar-refractivity contribution in [1.82, 2.24) is 10.2 Å². The summed E-state index contributed by atoms with van der Waals surface area (Å²) in [6.07, 6.45) is 2.29. The van der Waals surface area contributed by atoms with Crippen LogP contribution in [-0.4, -0.2) is 28.8 Å². The molecule has 0 unspecified atom stereocenters. The topological polar surface area (TPSA) is 49.4 Å². The van der Waals surface area contributed by atoms with Gasteiger partial charge in [-0.05, 0) is 49.4 Å². The number of aryl methyl sites for hydroxylation is 1. The van der Waals surface area contributed by atoms with Gasteiger partial charge in [0.1, 0.15) is 6.04 Å². The molecule has 0 spiro atoms. The third-order valence-corrected chi connectivity index (χ3v) is 5.80. The lowest BCUT2D eigenvalue weighted by atomic mass is 10.1. The first-order chi connectivity index (χ1) is 14.3. The van der Waals surface area contributed by atoms with Gasteiger partial charge in [-0.25, -0.2) is 0 Å². The van der Waals surface area contributed by atoms with E-state index in [1.54, 1.807) is 23.1 Å². The van der Waals surface area contributed by atoms with E-state index in [1.165, 1.54) is 0 Å². The maximum absolute atomic E-state index is 13.2. The molecule has 0 bridgehead atoms. The van der Waals surface area contributed by atoms with Crippen LogP contribution in [0, 0.1) is 0 Å². The van der Waals surface area contributed by atoms with Gasteiger partial charge in [0.05, 0.1) is 0 Å². The van der Waals surface area contributed by atoms with Gasteiger partial charge in [0.2, 0.25) is 11.8 Å². The lowest BCUT2D eigenvalue weighted by Gasteiger charge is -2.32. The minimum Gasteiger partial charge on any atom is -0.352 e. The number of nitrogens with zero attached hydrogens (tertiary/aromatic N) is 1. The molecule has 2 aromatic carbocycles. The average molecular weight is 449 g/mol. The van der Waals surface area contributed by atoms with Crippen LogP contribution in [0.1, 0.15) is 51.2 Å². The van der Waals surface area contributed by atoms with E-state index in [9.17, 15) is 9.59 Å². The summed E-state index contributed by atoms with van der Waals surface area (Å²) in [4.78, 5) is 27.8. The van der Waals surface area contributed by atoms with Crippen molar-refractivity contribution in [3.63, 3.8) is 0 Å². The number of amides is 2. The SMILES string of the molecule is CC[C@H](C)NC(=O)[C@H](CC)N(Cc1ccc(Cl)cc1Cl)C(=O)CCc1ccccc1. The Hall–Kier alpha value is -2.04. The molecule has 0 saturated carbocycles. The maximum atomic E-state index is 13.2. The lowest BCUT2D eigenvalue weighted by molar-refractivity contribution is -0.141. The highest BCUT2D eigenvalue weighted by Gasteiger charge is 2.29. The fraction of sp³-hybridized carbons (Fsp3) is 0.417. The van der Waals surface area contributed by atoms with Crippen LogP contribution in [0.15, 0.2) is 48.5 Å². The quantitative estimate of drug-likeness (QED) is 0.510. The Labute approximate surface area is 189 Å². The Morgan fingerprint density at radius 2 is 1.73 bits per heavy atom. The van der Waals surface area contributed by atoms with E-state index in [0.29, 0.717) is 29.3 Å². The molecule has 4 nitrogen and oxygen atoms in total. The van der Waals surface area contributed by atoms with Gasteiger partial charge in [-0.1, -0.05) is 73.4 Å². The molecular formula is C24H30Cl2N2O2. The summed E-state index contributed by atoms with van der Waals surface area (Å²) in [5.41, 5.74) is 1.86. The minimum atomic E-state index is -0.561. The first-order valence-corrected chi connectivity index (χ1v) is 11.2. The summed E-state index contributed by atoms with van der Waals surface area (Å²) in [7, 11) is 0. The number of nitrogens with one attached hydrogen (secondary N) is 1. The average Bonchev–Trinajstić information content (AvgIpc) is 2.74. The summed E-state index contributed by atoms with van der Waals surface area (Å²) in [5.74, 6) is -0.207. The summed E-state index contributed by atoms with van der Waals surface area (Å²) in [6.45, 7) is 6.16. The zero-order valence-corrected chi connectivity index (χ0v) is 19.3. The molecule has 0 aliphatic carbocycles. The summed E-state index contributed by atoms with van der Waals surface area (Å²) >= 11 is 12.4. The van der Waals surface area contributed by atoms with Crippen molar-refractivity contribution in [1.29, 1.82) is 0 Å². The second-order valence-corrected chi connectivity index (χ2v) is 8.33. The van der Waals surface area contributed by atoms with Gasteiger partial charge in [-0.3, -0.25) is 9.59 Å².